The van der Waals surface area contributed by atoms with Crippen LogP contribution in [-0.2, 0) is 11.2 Å². The first kappa shape index (κ1) is 12.7. The van der Waals surface area contributed by atoms with Gasteiger partial charge in [-0.05, 0) is 11.6 Å². The maximum atomic E-state index is 11.8. The predicted octanol–water partition coefficient (Wildman–Crippen LogP) is 0.345. The summed E-state index contributed by atoms with van der Waals surface area (Å²) in [5, 5.41) is 11.3. The number of rotatable bonds is 4. The lowest BCUT2D eigenvalue weighted by Crippen LogP contribution is -2.21. The molecular weight excluding hydrogens is 246 g/mol. The Balaban J connectivity index is 2.16. The van der Waals surface area contributed by atoms with E-state index in [1.807, 2.05) is 6.07 Å². The summed E-state index contributed by atoms with van der Waals surface area (Å²) < 4.78 is 0. The van der Waals surface area contributed by atoms with Crippen molar-refractivity contribution < 1.29 is 9.59 Å². The Bertz CT molecular complexity index is 580. The summed E-state index contributed by atoms with van der Waals surface area (Å²) in [5.74, 6) is -0.405. The lowest BCUT2D eigenvalue weighted by molar-refractivity contribution is -0.119. The fraction of sp³-hybridized carbons (Fsp3) is 0.167. The van der Waals surface area contributed by atoms with E-state index in [9.17, 15) is 9.59 Å². The van der Waals surface area contributed by atoms with Crippen molar-refractivity contribution in [1.29, 1.82) is 0 Å². The Morgan fingerprint density at radius 3 is 2.79 bits per heavy atom. The summed E-state index contributed by atoms with van der Waals surface area (Å²) in [6.07, 6.45) is 1.45. The second-order valence-electron chi connectivity index (χ2n) is 3.80. The van der Waals surface area contributed by atoms with Gasteiger partial charge in [0.15, 0.2) is 0 Å². The van der Waals surface area contributed by atoms with Crippen LogP contribution in [0.25, 0.3) is 0 Å². The van der Waals surface area contributed by atoms with Gasteiger partial charge in [-0.2, -0.15) is 5.10 Å². The van der Waals surface area contributed by atoms with Crippen molar-refractivity contribution in [1.82, 2.24) is 20.5 Å². The molecule has 0 atom stereocenters. The quantitative estimate of drug-likeness (QED) is 0.737. The molecule has 2 rings (SSSR count). The minimum atomic E-state index is -0.401. The van der Waals surface area contributed by atoms with Crippen LogP contribution in [0.5, 0.6) is 0 Å². The molecule has 0 radical (unpaired) electrons. The fourth-order valence-corrected chi connectivity index (χ4v) is 1.55. The number of hydrogen-bond donors (Lipinski definition) is 3. The van der Waals surface area contributed by atoms with E-state index in [2.05, 4.69) is 25.8 Å². The zero-order valence-corrected chi connectivity index (χ0v) is 10.3. The standard InChI is InChI=1S/C12H13N5O2/c1-13-10(18)6-8-4-2-3-5-9(8)16-12(19)11-14-7-15-17-11/h2-5,7H,6H2,1H3,(H,13,18)(H,16,19)(H,14,15,17). The van der Waals surface area contributed by atoms with E-state index in [1.165, 1.54) is 6.33 Å². The van der Waals surface area contributed by atoms with Crippen molar-refractivity contribution in [3.8, 4) is 0 Å². The molecule has 3 N–H and O–H groups in total. The van der Waals surface area contributed by atoms with E-state index in [-0.39, 0.29) is 18.2 Å². The number of likely N-dealkylation sites (N-methyl/N-ethyl adjacent to an activating group) is 1. The molecule has 98 valence electrons. The number of para-hydroxylation sites is 1. The summed E-state index contributed by atoms with van der Waals surface area (Å²) in [7, 11) is 1.57. The smallest absolute Gasteiger partial charge is 0.292 e. The summed E-state index contributed by atoms with van der Waals surface area (Å²) in [5.41, 5.74) is 1.31. The maximum absolute atomic E-state index is 11.8. The summed E-state index contributed by atoms with van der Waals surface area (Å²) in [4.78, 5) is 27.0. The molecule has 1 heterocycles. The zero-order valence-electron chi connectivity index (χ0n) is 10.3. The first-order valence-electron chi connectivity index (χ1n) is 5.66. The monoisotopic (exact) mass is 259 g/mol. The van der Waals surface area contributed by atoms with Crippen molar-refractivity contribution >= 4 is 17.5 Å². The molecule has 0 fully saturated rings. The molecule has 2 aromatic rings. The van der Waals surface area contributed by atoms with Crippen molar-refractivity contribution in [3.63, 3.8) is 0 Å². The van der Waals surface area contributed by atoms with Crippen LogP contribution in [0.4, 0.5) is 5.69 Å². The minimum Gasteiger partial charge on any atom is -0.359 e. The Morgan fingerprint density at radius 2 is 2.11 bits per heavy atom. The number of carbonyl (C=O) groups is 2. The van der Waals surface area contributed by atoms with Gasteiger partial charge in [0.25, 0.3) is 5.91 Å². The second-order valence-corrected chi connectivity index (χ2v) is 3.80. The van der Waals surface area contributed by atoms with Gasteiger partial charge in [-0.15, -0.1) is 0 Å². The Hall–Kier alpha value is -2.70. The molecule has 19 heavy (non-hydrogen) atoms. The maximum Gasteiger partial charge on any atom is 0.292 e. The molecule has 0 bridgehead atoms. The number of benzene rings is 1. The molecule has 7 heteroatoms. The summed E-state index contributed by atoms with van der Waals surface area (Å²) >= 11 is 0. The van der Waals surface area contributed by atoms with E-state index in [0.29, 0.717) is 5.69 Å². The molecule has 0 unspecified atom stereocenters. The molecule has 7 nitrogen and oxygen atoms in total. The van der Waals surface area contributed by atoms with E-state index in [4.69, 9.17) is 0 Å². The van der Waals surface area contributed by atoms with E-state index < -0.39 is 5.91 Å². The highest BCUT2D eigenvalue weighted by molar-refractivity contribution is 6.02. The lowest BCUT2D eigenvalue weighted by atomic mass is 10.1. The van der Waals surface area contributed by atoms with Crippen LogP contribution in [0.3, 0.4) is 0 Å². The van der Waals surface area contributed by atoms with E-state index in [0.717, 1.165) is 5.56 Å². The van der Waals surface area contributed by atoms with Gasteiger partial charge >= 0.3 is 0 Å². The van der Waals surface area contributed by atoms with Gasteiger partial charge in [-0.1, -0.05) is 18.2 Å². The minimum absolute atomic E-state index is 0.120. The number of aromatic amines is 1. The van der Waals surface area contributed by atoms with Crippen molar-refractivity contribution in [2.75, 3.05) is 12.4 Å². The average molecular weight is 259 g/mol. The third kappa shape index (κ3) is 3.15. The molecule has 0 saturated carbocycles. The van der Waals surface area contributed by atoms with Gasteiger partial charge in [0, 0.05) is 12.7 Å². The summed E-state index contributed by atoms with van der Waals surface area (Å²) in [6, 6.07) is 7.10. The SMILES string of the molecule is CNC(=O)Cc1ccccc1NC(=O)c1ncn[nH]1. The average Bonchev–Trinajstić information content (AvgIpc) is 2.95. The molecule has 0 saturated heterocycles. The Morgan fingerprint density at radius 1 is 1.32 bits per heavy atom. The normalized spacial score (nSPS) is 9.95. The van der Waals surface area contributed by atoms with Gasteiger partial charge in [0.2, 0.25) is 11.7 Å². The highest BCUT2D eigenvalue weighted by Crippen LogP contribution is 2.16. The number of anilines is 1. The number of aromatic nitrogens is 3. The van der Waals surface area contributed by atoms with Gasteiger partial charge in [-0.25, -0.2) is 4.98 Å². The third-order valence-corrected chi connectivity index (χ3v) is 2.53. The zero-order chi connectivity index (χ0) is 13.7. The molecule has 2 amide bonds. The lowest BCUT2D eigenvalue weighted by Gasteiger charge is -2.09. The first-order valence-corrected chi connectivity index (χ1v) is 5.66. The van der Waals surface area contributed by atoms with Crippen LogP contribution in [0, 0.1) is 0 Å². The van der Waals surface area contributed by atoms with Gasteiger partial charge < -0.3 is 10.6 Å². The van der Waals surface area contributed by atoms with Crippen LogP contribution in [-0.4, -0.2) is 34.0 Å². The molecule has 1 aromatic heterocycles. The summed E-state index contributed by atoms with van der Waals surface area (Å²) in [6.45, 7) is 0. The Kier molecular flexibility index (Phi) is 3.87. The molecule has 0 aliphatic rings. The largest absolute Gasteiger partial charge is 0.359 e. The topological polar surface area (TPSA) is 99.8 Å². The van der Waals surface area contributed by atoms with Crippen LogP contribution < -0.4 is 10.6 Å². The van der Waals surface area contributed by atoms with Gasteiger partial charge in [0.05, 0.1) is 6.42 Å². The number of nitrogens with one attached hydrogen (secondary N) is 3. The molecule has 1 aromatic carbocycles. The molecule has 0 aliphatic heterocycles. The number of H-pyrrole nitrogens is 1. The van der Waals surface area contributed by atoms with Crippen LogP contribution in [0.15, 0.2) is 30.6 Å². The van der Waals surface area contributed by atoms with E-state index >= 15 is 0 Å². The van der Waals surface area contributed by atoms with Gasteiger partial charge in [-0.3, -0.25) is 14.7 Å². The van der Waals surface area contributed by atoms with Gasteiger partial charge in [0.1, 0.15) is 6.33 Å². The van der Waals surface area contributed by atoms with Crippen LogP contribution in [0.2, 0.25) is 0 Å². The third-order valence-electron chi connectivity index (χ3n) is 2.53. The van der Waals surface area contributed by atoms with E-state index in [1.54, 1.807) is 25.2 Å². The van der Waals surface area contributed by atoms with Crippen LogP contribution in [0.1, 0.15) is 16.2 Å². The highest BCUT2D eigenvalue weighted by atomic mass is 16.2. The van der Waals surface area contributed by atoms with Crippen LogP contribution >= 0.6 is 0 Å². The molecular formula is C12H13N5O2. The number of carbonyl (C=O) groups excluding carboxylic acids is 2. The van der Waals surface area contributed by atoms with Crippen molar-refractivity contribution in [2.24, 2.45) is 0 Å². The number of nitrogens with zero attached hydrogens (tertiary/aromatic N) is 2. The number of amides is 2. The van der Waals surface area contributed by atoms with Crippen molar-refractivity contribution in [3.05, 3.63) is 42.0 Å². The molecule has 0 aliphatic carbocycles. The fourth-order valence-electron chi connectivity index (χ4n) is 1.55. The highest BCUT2D eigenvalue weighted by Gasteiger charge is 2.12. The Labute approximate surface area is 109 Å². The predicted molar refractivity (Wildman–Crippen MR) is 68.5 cm³/mol. The van der Waals surface area contributed by atoms with Crippen molar-refractivity contribution in [2.45, 2.75) is 6.42 Å². The number of hydrogen-bond acceptors (Lipinski definition) is 4. The second kappa shape index (κ2) is 5.76. The first-order chi connectivity index (χ1) is 9.20. The molecule has 0 spiro atoms.